The lowest BCUT2D eigenvalue weighted by Crippen LogP contribution is -2.29. The van der Waals surface area contributed by atoms with Crippen LogP contribution in [-0.4, -0.2) is 28.3 Å². The molecular weight excluding hydrogens is 194 g/mol. The molecule has 0 bridgehead atoms. The zero-order chi connectivity index (χ0) is 9.80. The molecule has 0 unspecified atom stereocenters. The van der Waals surface area contributed by atoms with Crippen LogP contribution in [0.2, 0.25) is 0 Å². The highest BCUT2D eigenvalue weighted by Crippen LogP contribution is 2.27. The van der Waals surface area contributed by atoms with Gasteiger partial charge in [-0.15, -0.1) is 11.8 Å². The highest BCUT2D eigenvalue weighted by molar-refractivity contribution is 8.00. The van der Waals surface area contributed by atoms with E-state index in [0.717, 1.165) is 24.2 Å². The number of piperidine rings is 1. The molecule has 4 heteroatoms. The van der Waals surface area contributed by atoms with E-state index in [1.54, 1.807) is 0 Å². The predicted molar refractivity (Wildman–Crippen MR) is 58.5 cm³/mol. The van der Waals surface area contributed by atoms with Crippen LogP contribution in [0.15, 0.2) is 17.3 Å². The van der Waals surface area contributed by atoms with E-state index < -0.39 is 0 Å². The summed E-state index contributed by atoms with van der Waals surface area (Å²) < 4.78 is 0. The predicted octanol–water partition coefficient (Wildman–Crippen LogP) is 1.63. The van der Waals surface area contributed by atoms with Crippen molar-refractivity contribution in [1.82, 2.24) is 15.3 Å². The Labute approximate surface area is 88.7 Å². The first-order valence-corrected chi connectivity index (χ1v) is 5.88. The molecule has 0 radical (unpaired) electrons. The molecule has 1 fully saturated rings. The van der Waals surface area contributed by atoms with Gasteiger partial charge in [0.25, 0.3) is 0 Å². The van der Waals surface area contributed by atoms with E-state index in [0.29, 0.717) is 0 Å². The monoisotopic (exact) mass is 209 g/mol. The second-order valence-corrected chi connectivity index (χ2v) is 4.91. The molecule has 14 heavy (non-hydrogen) atoms. The van der Waals surface area contributed by atoms with Gasteiger partial charge >= 0.3 is 0 Å². The van der Waals surface area contributed by atoms with Crippen LogP contribution in [0.5, 0.6) is 0 Å². The molecule has 1 aromatic rings. The molecule has 2 rings (SSSR count). The van der Waals surface area contributed by atoms with E-state index in [1.165, 1.54) is 17.7 Å². The number of aryl methyl sites for hydroxylation is 1. The van der Waals surface area contributed by atoms with Crippen molar-refractivity contribution in [2.45, 2.75) is 29.9 Å². The second-order valence-electron chi connectivity index (χ2n) is 3.53. The van der Waals surface area contributed by atoms with Crippen LogP contribution >= 0.6 is 11.8 Å². The number of rotatable bonds is 2. The van der Waals surface area contributed by atoms with E-state index in [4.69, 9.17) is 0 Å². The van der Waals surface area contributed by atoms with E-state index in [2.05, 4.69) is 15.3 Å². The van der Waals surface area contributed by atoms with Crippen LogP contribution in [0.3, 0.4) is 0 Å². The minimum absolute atomic E-state index is 0.738. The van der Waals surface area contributed by atoms with E-state index in [1.807, 2.05) is 31.1 Å². The van der Waals surface area contributed by atoms with Gasteiger partial charge in [0.15, 0.2) is 0 Å². The highest BCUT2D eigenvalue weighted by atomic mass is 32.2. The number of thioether (sulfide) groups is 1. The Bertz CT molecular complexity index is 280. The zero-order valence-corrected chi connectivity index (χ0v) is 9.18. The molecule has 2 heterocycles. The summed E-state index contributed by atoms with van der Waals surface area (Å²) in [5, 5.41) is 4.10. The largest absolute Gasteiger partial charge is 0.317 e. The number of nitrogens with one attached hydrogen (secondary N) is 1. The van der Waals surface area contributed by atoms with Crippen LogP contribution in [0, 0.1) is 6.92 Å². The summed E-state index contributed by atoms with van der Waals surface area (Å²) in [6.07, 6.45) is 6.35. The molecule has 1 aliphatic heterocycles. The van der Waals surface area contributed by atoms with Gasteiger partial charge in [0.05, 0.1) is 0 Å². The summed E-state index contributed by atoms with van der Waals surface area (Å²) in [5.41, 5.74) is 0. The summed E-state index contributed by atoms with van der Waals surface area (Å²) in [5.74, 6) is 0.847. The SMILES string of the molecule is Cc1ncc(SC2CCNCC2)cn1. The van der Waals surface area contributed by atoms with E-state index >= 15 is 0 Å². The fourth-order valence-corrected chi connectivity index (χ4v) is 2.63. The Morgan fingerprint density at radius 2 is 1.93 bits per heavy atom. The minimum Gasteiger partial charge on any atom is -0.317 e. The second kappa shape index (κ2) is 4.75. The smallest absolute Gasteiger partial charge is 0.125 e. The third kappa shape index (κ3) is 2.69. The Kier molecular flexibility index (Phi) is 3.37. The van der Waals surface area contributed by atoms with Crippen LogP contribution < -0.4 is 5.32 Å². The first-order chi connectivity index (χ1) is 6.84. The molecule has 1 N–H and O–H groups in total. The molecule has 0 spiro atoms. The highest BCUT2D eigenvalue weighted by Gasteiger charge is 2.14. The molecule has 0 saturated carbocycles. The van der Waals surface area contributed by atoms with Crippen LogP contribution in [0.25, 0.3) is 0 Å². The zero-order valence-electron chi connectivity index (χ0n) is 8.36. The Morgan fingerprint density at radius 3 is 2.57 bits per heavy atom. The summed E-state index contributed by atoms with van der Waals surface area (Å²) >= 11 is 1.91. The number of aromatic nitrogens is 2. The Hall–Kier alpha value is -0.610. The van der Waals surface area contributed by atoms with E-state index in [9.17, 15) is 0 Å². The summed E-state index contributed by atoms with van der Waals surface area (Å²) in [7, 11) is 0. The van der Waals surface area contributed by atoms with Gasteiger partial charge in [-0.2, -0.15) is 0 Å². The molecule has 3 nitrogen and oxygen atoms in total. The van der Waals surface area contributed by atoms with Crippen molar-refractivity contribution in [2.24, 2.45) is 0 Å². The lowest BCUT2D eigenvalue weighted by atomic mass is 10.2. The molecule has 1 aliphatic rings. The molecule has 0 atom stereocenters. The molecule has 0 aliphatic carbocycles. The maximum Gasteiger partial charge on any atom is 0.125 e. The van der Waals surface area contributed by atoms with Crippen LogP contribution in [0.4, 0.5) is 0 Å². The van der Waals surface area contributed by atoms with Gasteiger partial charge in [0.2, 0.25) is 0 Å². The van der Waals surface area contributed by atoms with Crippen molar-refractivity contribution in [3.8, 4) is 0 Å². The first-order valence-electron chi connectivity index (χ1n) is 5.00. The molecule has 0 aromatic carbocycles. The van der Waals surface area contributed by atoms with Gasteiger partial charge in [-0.25, -0.2) is 9.97 Å². The fraction of sp³-hybridized carbons (Fsp3) is 0.600. The van der Waals surface area contributed by atoms with Crippen LogP contribution in [0.1, 0.15) is 18.7 Å². The van der Waals surface area contributed by atoms with Crippen molar-refractivity contribution in [2.75, 3.05) is 13.1 Å². The average molecular weight is 209 g/mol. The van der Waals surface area contributed by atoms with Gasteiger partial charge in [0, 0.05) is 22.5 Å². The van der Waals surface area contributed by atoms with Crippen molar-refractivity contribution in [3.05, 3.63) is 18.2 Å². The van der Waals surface area contributed by atoms with E-state index in [-0.39, 0.29) is 0 Å². The maximum absolute atomic E-state index is 4.20. The topological polar surface area (TPSA) is 37.8 Å². The van der Waals surface area contributed by atoms with Crippen molar-refractivity contribution in [1.29, 1.82) is 0 Å². The summed E-state index contributed by atoms with van der Waals surface area (Å²) in [6, 6.07) is 0. The number of hydrogen-bond acceptors (Lipinski definition) is 4. The van der Waals surface area contributed by atoms with Gasteiger partial charge in [0.1, 0.15) is 5.82 Å². The molecule has 1 saturated heterocycles. The van der Waals surface area contributed by atoms with Gasteiger partial charge < -0.3 is 5.32 Å². The first kappa shape index (κ1) is 9.93. The Balaban J connectivity index is 1.92. The average Bonchev–Trinajstić information content (AvgIpc) is 2.23. The molecular formula is C10H15N3S. The van der Waals surface area contributed by atoms with Crippen molar-refractivity contribution in [3.63, 3.8) is 0 Å². The van der Waals surface area contributed by atoms with Gasteiger partial charge in [-0.3, -0.25) is 0 Å². The van der Waals surface area contributed by atoms with Gasteiger partial charge in [-0.05, 0) is 32.9 Å². The van der Waals surface area contributed by atoms with Crippen LogP contribution in [-0.2, 0) is 0 Å². The van der Waals surface area contributed by atoms with Crippen molar-refractivity contribution < 1.29 is 0 Å². The third-order valence-corrected chi connectivity index (χ3v) is 3.63. The standard InChI is InChI=1S/C10H15N3S/c1-8-12-6-10(7-13-8)14-9-2-4-11-5-3-9/h6-7,9,11H,2-5H2,1H3. The quantitative estimate of drug-likeness (QED) is 0.803. The number of nitrogens with zero attached hydrogens (tertiary/aromatic N) is 2. The van der Waals surface area contributed by atoms with Gasteiger partial charge in [-0.1, -0.05) is 0 Å². The molecule has 1 aromatic heterocycles. The summed E-state index contributed by atoms with van der Waals surface area (Å²) in [6.45, 7) is 4.20. The molecule has 76 valence electrons. The minimum atomic E-state index is 0.738. The Morgan fingerprint density at radius 1 is 1.29 bits per heavy atom. The summed E-state index contributed by atoms with van der Waals surface area (Å²) in [4.78, 5) is 9.59. The molecule has 0 amide bonds. The number of hydrogen-bond donors (Lipinski definition) is 1. The fourth-order valence-electron chi connectivity index (χ4n) is 1.55. The normalized spacial score (nSPS) is 18.4. The third-order valence-electron chi connectivity index (χ3n) is 2.35. The maximum atomic E-state index is 4.20. The van der Waals surface area contributed by atoms with Crippen molar-refractivity contribution >= 4 is 11.8 Å². The lowest BCUT2D eigenvalue weighted by molar-refractivity contribution is 0.531. The lowest BCUT2D eigenvalue weighted by Gasteiger charge is -2.21.